The Morgan fingerprint density at radius 2 is 2.19 bits per heavy atom. The van der Waals surface area contributed by atoms with Crippen molar-refractivity contribution in [3.05, 3.63) is 17.5 Å². The average Bonchev–Trinajstić information content (AvgIpc) is 2.16. The van der Waals surface area contributed by atoms with Crippen LogP contribution >= 0.6 is 12.2 Å². The van der Waals surface area contributed by atoms with Gasteiger partial charge in [-0.2, -0.15) is 0 Å². The molecule has 0 fully saturated rings. The van der Waals surface area contributed by atoms with Gasteiger partial charge in [0, 0.05) is 18.7 Å². The van der Waals surface area contributed by atoms with E-state index in [0.717, 1.165) is 5.69 Å². The molecule has 86 valence electrons. The van der Waals surface area contributed by atoms with Crippen molar-refractivity contribution in [3.63, 3.8) is 0 Å². The van der Waals surface area contributed by atoms with E-state index in [4.69, 9.17) is 23.7 Å². The smallest absolute Gasteiger partial charge is 0.223 e. The van der Waals surface area contributed by atoms with Crippen LogP contribution in [0.4, 0.5) is 5.95 Å². The molecule has 7 heteroatoms. The van der Waals surface area contributed by atoms with Gasteiger partial charge < -0.3 is 16.8 Å². The number of carbonyl (C=O) groups is 1. The van der Waals surface area contributed by atoms with Crippen molar-refractivity contribution in [2.75, 3.05) is 11.9 Å². The van der Waals surface area contributed by atoms with Gasteiger partial charge in [0.1, 0.15) is 10.7 Å². The Balaban J connectivity index is 2.72. The summed E-state index contributed by atoms with van der Waals surface area (Å²) in [7, 11) is 0. The summed E-state index contributed by atoms with van der Waals surface area (Å²) in [6, 6.07) is 1.70. The molecule has 0 unspecified atom stereocenters. The minimum Gasteiger partial charge on any atom is -0.388 e. The molecule has 0 radical (unpaired) electrons. The Morgan fingerprint density at radius 1 is 1.50 bits per heavy atom. The van der Waals surface area contributed by atoms with Crippen LogP contribution in [0, 0.1) is 6.92 Å². The van der Waals surface area contributed by atoms with E-state index in [9.17, 15) is 4.79 Å². The third-order valence-electron chi connectivity index (χ3n) is 1.76. The fourth-order valence-corrected chi connectivity index (χ4v) is 1.18. The molecule has 0 aliphatic rings. The van der Waals surface area contributed by atoms with Gasteiger partial charge >= 0.3 is 0 Å². The number of anilines is 1. The zero-order valence-corrected chi connectivity index (χ0v) is 9.67. The van der Waals surface area contributed by atoms with Crippen molar-refractivity contribution in [2.45, 2.75) is 13.3 Å². The fourth-order valence-electron chi connectivity index (χ4n) is 1.07. The highest BCUT2D eigenvalue weighted by Crippen LogP contribution is 2.04. The van der Waals surface area contributed by atoms with E-state index in [1.54, 1.807) is 6.07 Å². The van der Waals surface area contributed by atoms with Crippen molar-refractivity contribution < 1.29 is 4.79 Å². The molecule has 1 amide bonds. The molecule has 0 bridgehead atoms. The van der Waals surface area contributed by atoms with Crippen molar-refractivity contribution >= 4 is 29.1 Å². The topological polar surface area (TPSA) is 107 Å². The Kier molecular flexibility index (Phi) is 4.12. The zero-order chi connectivity index (χ0) is 12.1. The van der Waals surface area contributed by atoms with Gasteiger partial charge in [0.2, 0.25) is 11.9 Å². The van der Waals surface area contributed by atoms with E-state index < -0.39 is 0 Å². The first-order valence-corrected chi connectivity index (χ1v) is 5.07. The van der Waals surface area contributed by atoms with E-state index in [1.807, 2.05) is 6.92 Å². The largest absolute Gasteiger partial charge is 0.388 e. The summed E-state index contributed by atoms with van der Waals surface area (Å²) < 4.78 is 0. The standard InChI is InChI=1S/C9H13N5OS/c1-5-4-6(8(11)16)14-9(13-5)12-3-2-7(10)15/h4H,2-3H2,1H3,(H2,10,15)(H2,11,16)(H,12,13,14). The van der Waals surface area contributed by atoms with Crippen molar-refractivity contribution in [1.29, 1.82) is 0 Å². The van der Waals surface area contributed by atoms with Gasteiger partial charge in [-0.3, -0.25) is 4.79 Å². The van der Waals surface area contributed by atoms with Gasteiger partial charge in [-0.1, -0.05) is 12.2 Å². The van der Waals surface area contributed by atoms with E-state index in [2.05, 4.69) is 15.3 Å². The van der Waals surface area contributed by atoms with Gasteiger partial charge in [-0.25, -0.2) is 9.97 Å². The van der Waals surface area contributed by atoms with Crippen LogP contribution in [-0.4, -0.2) is 27.4 Å². The average molecular weight is 239 g/mol. The van der Waals surface area contributed by atoms with E-state index >= 15 is 0 Å². The van der Waals surface area contributed by atoms with Gasteiger partial charge in [0.05, 0.1) is 0 Å². The second kappa shape index (κ2) is 5.36. The first kappa shape index (κ1) is 12.3. The number of hydrogen-bond acceptors (Lipinski definition) is 5. The highest BCUT2D eigenvalue weighted by molar-refractivity contribution is 7.80. The Bertz CT molecular complexity index is 420. The monoisotopic (exact) mass is 239 g/mol. The Hall–Kier alpha value is -1.76. The first-order chi connectivity index (χ1) is 7.49. The minimum atomic E-state index is -0.380. The number of amides is 1. The number of rotatable bonds is 5. The number of nitrogens with one attached hydrogen (secondary N) is 1. The molecule has 0 aliphatic carbocycles. The van der Waals surface area contributed by atoms with Crippen LogP contribution in [0.2, 0.25) is 0 Å². The van der Waals surface area contributed by atoms with E-state index in [-0.39, 0.29) is 17.3 Å². The first-order valence-electron chi connectivity index (χ1n) is 4.66. The second-order valence-electron chi connectivity index (χ2n) is 3.23. The maximum atomic E-state index is 10.5. The van der Waals surface area contributed by atoms with Crippen LogP contribution in [0.5, 0.6) is 0 Å². The quantitative estimate of drug-likeness (QED) is 0.609. The molecule has 0 aromatic carbocycles. The lowest BCUT2D eigenvalue weighted by Gasteiger charge is -2.06. The van der Waals surface area contributed by atoms with Crippen LogP contribution in [0.25, 0.3) is 0 Å². The van der Waals surface area contributed by atoms with Crippen molar-refractivity contribution in [1.82, 2.24) is 9.97 Å². The number of primary amides is 1. The molecular formula is C9H13N5OS. The van der Waals surface area contributed by atoms with Crippen molar-refractivity contribution in [2.24, 2.45) is 11.5 Å². The van der Waals surface area contributed by atoms with Crippen LogP contribution in [0.3, 0.4) is 0 Å². The van der Waals surface area contributed by atoms with Crippen LogP contribution < -0.4 is 16.8 Å². The van der Waals surface area contributed by atoms with Gasteiger partial charge in [0.25, 0.3) is 0 Å². The number of aromatic nitrogens is 2. The number of carbonyl (C=O) groups excluding carboxylic acids is 1. The number of nitrogens with zero attached hydrogens (tertiary/aromatic N) is 2. The minimum absolute atomic E-state index is 0.212. The summed E-state index contributed by atoms with van der Waals surface area (Å²) in [6.07, 6.45) is 0.222. The molecule has 1 heterocycles. The molecule has 0 aliphatic heterocycles. The van der Waals surface area contributed by atoms with Gasteiger partial charge in [-0.05, 0) is 13.0 Å². The summed E-state index contributed by atoms with van der Waals surface area (Å²) in [5.41, 5.74) is 11.7. The Morgan fingerprint density at radius 3 is 2.75 bits per heavy atom. The predicted octanol–water partition coefficient (Wildman–Crippen LogP) is -0.293. The third kappa shape index (κ3) is 3.77. The summed E-state index contributed by atoms with van der Waals surface area (Å²) in [5, 5.41) is 2.87. The summed E-state index contributed by atoms with van der Waals surface area (Å²) in [5.74, 6) is 0.0128. The summed E-state index contributed by atoms with van der Waals surface area (Å²) in [6.45, 7) is 2.19. The van der Waals surface area contributed by atoms with Crippen LogP contribution in [0.15, 0.2) is 6.07 Å². The Labute approximate surface area is 98.4 Å². The predicted molar refractivity (Wildman–Crippen MR) is 65.0 cm³/mol. The number of aryl methyl sites for hydroxylation is 1. The molecule has 1 aromatic heterocycles. The maximum Gasteiger partial charge on any atom is 0.223 e. The third-order valence-corrected chi connectivity index (χ3v) is 1.97. The SMILES string of the molecule is Cc1cc(C(N)=S)nc(NCCC(N)=O)n1. The number of nitrogens with two attached hydrogens (primary N) is 2. The van der Waals surface area contributed by atoms with Gasteiger partial charge in [-0.15, -0.1) is 0 Å². The molecule has 1 aromatic rings. The molecule has 6 nitrogen and oxygen atoms in total. The van der Waals surface area contributed by atoms with Crippen molar-refractivity contribution in [3.8, 4) is 0 Å². The highest BCUT2D eigenvalue weighted by atomic mass is 32.1. The lowest BCUT2D eigenvalue weighted by atomic mass is 10.3. The van der Waals surface area contributed by atoms with E-state index in [0.29, 0.717) is 18.2 Å². The van der Waals surface area contributed by atoms with Gasteiger partial charge in [0.15, 0.2) is 0 Å². The molecule has 1 rings (SSSR count). The lowest BCUT2D eigenvalue weighted by Crippen LogP contribution is -2.18. The second-order valence-corrected chi connectivity index (χ2v) is 3.67. The van der Waals surface area contributed by atoms with Crippen LogP contribution in [-0.2, 0) is 4.79 Å². The zero-order valence-electron chi connectivity index (χ0n) is 8.86. The summed E-state index contributed by atoms with van der Waals surface area (Å²) >= 11 is 4.82. The molecule has 0 saturated heterocycles. The normalized spacial score (nSPS) is 9.81. The molecule has 0 spiro atoms. The molecule has 16 heavy (non-hydrogen) atoms. The lowest BCUT2D eigenvalue weighted by molar-refractivity contribution is -0.117. The maximum absolute atomic E-state index is 10.5. The number of hydrogen-bond donors (Lipinski definition) is 3. The fraction of sp³-hybridized carbons (Fsp3) is 0.333. The molecular weight excluding hydrogens is 226 g/mol. The van der Waals surface area contributed by atoms with Crippen LogP contribution in [0.1, 0.15) is 17.8 Å². The molecule has 5 N–H and O–H groups in total. The summed E-state index contributed by atoms with van der Waals surface area (Å²) in [4.78, 5) is 19.0. The van der Waals surface area contributed by atoms with E-state index in [1.165, 1.54) is 0 Å². The number of thiocarbonyl (C=S) groups is 1. The highest BCUT2D eigenvalue weighted by Gasteiger charge is 2.04. The molecule has 0 atom stereocenters. The molecule has 0 saturated carbocycles.